The summed E-state index contributed by atoms with van der Waals surface area (Å²) in [5.74, 6) is -0.382. The SMILES string of the molecule is CC[C@H](C)NC(=O)C1CCN(C(=O)c2ccc(F)cc2)CC1. The minimum atomic E-state index is -0.350. The van der Waals surface area contributed by atoms with Crippen LogP contribution in [0.2, 0.25) is 0 Å². The van der Waals surface area contributed by atoms with Crippen molar-refractivity contribution in [3.8, 4) is 0 Å². The fraction of sp³-hybridized carbons (Fsp3) is 0.529. The van der Waals surface area contributed by atoms with E-state index < -0.39 is 0 Å². The molecule has 1 aliphatic rings. The summed E-state index contributed by atoms with van der Waals surface area (Å²) >= 11 is 0. The summed E-state index contributed by atoms with van der Waals surface area (Å²) in [7, 11) is 0. The molecule has 1 N–H and O–H groups in total. The molecular formula is C17H23FN2O2. The van der Waals surface area contributed by atoms with Gasteiger partial charge in [-0.05, 0) is 50.5 Å². The van der Waals surface area contributed by atoms with E-state index in [1.165, 1.54) is 24.3 Å². The molecule has 1 aliphatic heterocycles. The van der Waals surface area contributed by atoms with Crippen LogP contribution >= 0.6 is 0 Å². The molecule has 1 saturated heterocycles. The number of benzene rings is 1. The largest absolute Gasteiger partial charge is 0.353 e. The third kappa shape index (κ3) is 4.06. The zero-order chi connectivity index (χ0) is 16.1. The van der Waals surface area contributed by atoms with Gasteiger partial charge in [-0.25, -0.2) is 4.39 Å². The Bertz CT molecular complexity index is 522. The average Bonchev–Trinajstić information content (AvgIpc) is 2.55. The second kappa shape index (κ2) is 7.38. The van der Waals surface area contributed by atoms with Crippen LogP contribution in [-0.2, 0) is 4.79 Å². The molecule has 0 bridgehead atoms. The van der Waals surface area contributed by atoms with Crippen LogP contribution < -0.4 is 5.32 Å². The molecule has 0 unspecified atom stereocenters. The molecule has 4 nitrogen and oxygen atoms in total. The Morgan fingerprint density at radius 1 is 1.27 bits per heavy atom. The maximum atomic E-state index is 12.9. The lowest BCUT2D eigenvalue weighted by atomic mass is 9.95. The van der Waals surface area contributed by atoms with Crippen molar-refractivity contribution in [3.63, 3.8) is 0 Å². The Hall–Kier alpha value is -1.91. The maximum absolute atomic E-state index is 12.9. The molecule has 22 heavy (non-hydrogen) atoms. The average molecular weight is 306 g/mol. The van der Waals surface area contributed by atoms with Gasteiger partial charge in [-0.2, -0.15) is 0 Å². The highest BCUT2D eigenvalue weighted by Crippen LogP contribution is 2.19. The number of amides is 2. The predicted octanol–water partition coefficient (Wildman–Crippen LogP) is 2.59. The molecule has 2 amide bonds. The van der Waals surface area contributed by atoms with Gasteiger partial charge >= 0.3 is 0 Å². The van der Waals surface area contributed by atoms with Crippen LogP contribution in [0.1, 0.15) is 43.5 Å². The Morgan fingerprint density at radius 2 is 1.86 bits per heavy atom. The monoisotopic (exact) mass is 306 g/mol. The molecule has 0 spiro atoms. The third-order valence-corrected chi connectivity index (χ3v) is 4.25. The summed E-state index contributed by atoms with van der Waals surface area (Å²) in [6, 6.07) is 5.77. The first-order valence-corrected chi connectivity index (χ1v) is 7.86. The van der Waals surface area contributed by atoms with Gasteiger partial charge in [0.05, 0.1) is 0 Å². The molecule has 2 rings (SSSR count). The summed E-state index contributed by atoms with van der Waals surface area (Å²) in [5, 5.41) is 3.00. The van der Waals surface area contributed by atoms with E-state index in [9.17, 15) is 14.0 Å². The van der Waals surface area contributed by atoms with Crippen molar-refractivity contribution in [2.75, 3.05) is 13.1 Å². The van der Waals surface area contributed by atoms with Crippen molar-refractivity contribution >= 4 is 11.8 Å². The lowest BCUT2D eigenvalue weighted by Gasteiger charge is -2.32. The fourth-order valence-electron chi connectivity index (χ4n) is 2.58. The Balaban J connectivity index is 1.87. The Kier molecular flexibility index (Phi) is 5.52. The zero-order valence-electron chi connectivity index (χ0n) is 13.1. The summed E-state index contributed by atoms with van der Waals surface area (Å²) < 4.78 is 12.9. The highest BCUT2D eigenvalue weighted by atomic mass is 19.1. The Morgan fingerprint density at radius 3 is 2.41 bits per heavy atom. The van der Waals surface area contributed by atoms with Crippen LogP contribution in [0.4, 0.5) is 4.39 Å². The second-order valence-electron chi connectivity index (χ2n) is 5.89. The van der Waals surface area contributed by atoms with Crippen molar-refractivity contribution in [1.29, 1.82) is 0 Å². The number of likely N-dealkylation sites (tertiary alicyclic amines) is 1. The number of carbonyl (C=O) groups excluding carboxylic acids is 2. The molecule has 120 valence electrons. The molecule has 0 aliphatic carbocycles. The highest BCUT2D eigenvalue weighted by molar-refractivity contribution is 5.94. The predicted molar refractivity (Wildman–Crippen MR) is 82.9 cm³/mol. The fourth-order valence-corrected chi connectivity index (χ4v) is 2.58. The molecule has 0 saturated carbocycles. The zero-order valence-corrected chi connectivity index (χ0v) is 13.1. The van der Waals surface area contributed by atoms with Crippen LogP contribution in [0, 0.1) is 11.7 Å². The smallest absolute Gasteiger partial charge is 0.253 e. The molecule has 1 heterocycles. The first-order chi connectivity index (χ1) is 10.5. The molecule has 0 aromatic heterocycles. The first-order valence-electron chi connectivity index (χ1n) is 7.86. The minimum Gasteiger partial charge on any atom is -0.353 e. The van der Waals surface area contributed by atoms with Crippen molar-refractivity contribution in [2.45, 2.75) is 39.2 Å². The summed E-state index contributed by atoms with van der Waals surface area (Å²) in [5.41, 5.74) is 0.490. The van der Waals surface area contributed by atoms with Crippen LogP contribution in [0.25, 0.3) is 0 Å². The van der Waals surface area contributed by atoms with Gasteiger partial charge in [-0.1, -0.05) is 6.92 Å². The molecule has 0 radical (unpaired) electrons. The number of piperidine rings is 1. The number of nitrogens with one attached hydrogen (secondary N) is 1. The van der Waals surface area contributed by atoms with Gasteiger partial charge in [0.1, 0.15) is 5.82 Å². The molecule has 1 fully saturated rings. The van der Waals surface area contributed by atoms with Crippen molar-refractivity contribution in [1.82, 2.24) is 10.2 Å². The van der Waals surface area contributed by atoms with Gasteiger partial charge in [0.25, 0.3) is 5.91 Å². The highest BCUT2D eigenvalue weighted by Gasteiger charge is 2.28. The van der Waals surface area contributed by atoms with Crippen molar-refractivity contribution < 1.29 is 14.0 Å². The van der Waals surface area contributed by atoms with Gasteiger partial charge < -0.3 is 10.2 Å². The molecular weight excluding hydrogens is 283 g/mol. The number of hydrogen-bond donors (Lipinski definition) is 1. The lowest BCUT2D eigenvalue weighted by molar-refractivity contribution is -0.126. The summed E-state index contributed by atoms with van der Waals surface area (Å²) in [4.78, 5) is 26.1. The van der Waals surface area contributed by atoms with E-state index in [-0.39, 0.29) is 29.6 Å². The number of rotatable bonds is 4. The van der Waals surface area contributed by atoms with E-state index in [1.807, 2.05) is 13.8 Å². The Labute approximate surface area is 130 Å². The standard InChI is InChI=1S/C17H23FN2O2/c1-3-12(2)19-16(21)13-8-10-20(11-9-13)17(22)14-4-6-15(18)7-5-14/h4-7,12-13H,3,8-11H2,1-2H3,(H,19,21)/t12-/m0/s1. The lowest BCUT2D eigenvalue weighted by Crippen LogP contribution is -2.44. The van der Waals surface area contributed by atoms with E-state index in [0.717, 1.165) is 6.42 Å². The van der Waals surface area contributed by atoms with Crippen molar-refractivity contribution in [3.05, 3.63) is 35.6 Å². The summed E-state index contributed by atoms with van der Waals surface area (Å²) in [6.45, 7) is 5.16. The maximum Gasteiger partial charge on any atom is 0.253 e. The van der Waals surface area contributed by atoms with Gasteiger partial charge in [-0.3, -0.25) is 9.59 Å². The van der Waals surface area contributed by atoms with Gasteiger partial charge in [0.2, 0.25) is 5.91 Å². The second-order valence-corrected chi connectivity index (χ2v) is 5.89. The molecule has 5 heteroatoms. The molecule has 1 atom stereocenters. The summed E-state index contributed by atoms with van der Waals surface area (Å²) in [6.07, 6.45) is 2.26. The number of carbonyl (C=O) groups is 2. The quantitative estimate of drug-likeness (QED) is 0.929. The van der Waals surface area contributed by atoms with Gasteiger partial charge in [-0.15, -0.1) is 0 Å². The number of halogens is 1. The van der Waals surface area contributed by atoms with Crippen LogP contribution in [0.5, 0.6) is 0 Å². The molecule has 1 aromatic carbocycles. The first kappa shape index (κ1) is 16.5. The van der Waals surface area contributed by atoms with E-state index in [0.29, 0.717) is 31.5 Å². The minimum absolute atomic E-state index is 0.0220. The van der Waals surface area contributed by atoms with E-state index in [1.54, 1.807) is 4.90 Å². The molecule has 1 aromatic rings. The topological polar surface area (TPSA) is 49.4 Å². The van der Waals surface area contributed by atoms with E-state index >= 15 is 0 Å². The number of hydrogen-bond acceptors (Lipinski definition) is 2. The van der Waals surface area contributed by atoms with E-state index in [2.05, 4.69) is 5.32 Å². The van der Waals surface area contributed by atoms with Crippen LogP contribution in [0.3, 0.4) is 0 Å². The van der Waals surface area contributed by atoms with Gasteiger partial charge in [0, 0.05) is 30.6 Å². The number of nitrogens with zero attached hydrogens (tertiary/aromatic N) is 1. The normalized spacial score (nSPS) is 17.1. The van der Waals surface area contributed by atoms with E-state index in [4.69, 9.17) is 0 Å². The van der Waals surface area contributed by atoms with Crippen LogP contribution in [0.15, 0.2) is 24.3 Å². The third-order valence-electron chi connectivity index (χ3n) is 4.25. The van der Waals surface area contributed by atoms with Crippen molar-refractivity contribution in [2.24, 2.45) is 5.92 Å². The van der Waals surface area contributed by atoms with Gasteiger partial charge in [0.15, 0.2) is 0 Å². The van der Waals surface area contributed by atoms with Crippen LogP contribution in [-0.4, -0.2) is 35.8 Å².